The number of rotatable bonds is 3. The standard InChI is InChI=1S/C9H9Br2NS/c1-2-3-4-12-6-7-5-8(10)9(11)13-7/h5,12H,4,6H2,1H3. The number of halogens is 2. The lowest BCUT2D eigenvalue weighted by molar-refractivity contribution is 0.780. The van der Waals surface area contributed by atoms with E-state index in [0.29, 0.717) is 0 Å². The minimum absolute atomic E-state index is 0.754. The van der Waals surface area contributed by atoms with Gasteiger partial charge in [0.05, 0.1) is 10.3 Å². The largest absolute Gasteiger partial charge is 0.301 e. The molecule has 0 aliphatic rings. The molecule has 0 radical (unpaired) electrons. The highest BCUT2D eigenvalue weighted by atomic mass is 79.9. The quantitative estimate of drug-likeness (QED) is 0.664. The molecule has 0 saturated heterocycles. The van der Waals surface area contributed by atoms with E-state index in [1.54, 1.807) is 11.3 Å². The van der Waals surface area contributed by atoms with E-state index < -0.39 is 0 Å². The summed E-state index contributed by atoms with van der Waals surface area (Å²) in [6.45, 7) is 3.48. The highest BCUT2D eigenvalue weighted by molar-refractivity contribution is 9.13. The van der Waals surface area contributed by atoms with Gasteiger partial charge in [-0.2, -0.15) is 0 Å². The molecule has 1 aromatic rings. The van der Waals surface area contributed by atoms with Crippen LogP contribution >= 0.6 is 43.2 Å². The van der Waals surface area contributed by atoms with Crippen molar-refractivity contribution >= 4 is 43.2 Å². The van der Waals surface area contributed by atoms with Crippen molar-refractivity contribution in [3.05, 3.63) is 19.2 Å². The molecule has 0 atom stereocenters. The molecule has 0 unspecified atom stereocenters. The van der Waals surface area contributed by atoms with E-state index in [1.807, 2.05) is 6.92 Å². The van der Waals surface area contributed by atoms with Crippen LogP contribution in [0, 0.1) is 11.8 Å². The fourth-order valence-electron chi connectivity index (χ4n) is 0.815. The van der Waals surface area contributed by atoms with Crippen LogP contribution in [0.2, 0.25) is 0 Å². The first-order valence-electron chi connectivity index (χ1n) is 3.78. The molecule has 0 aliphatic heterocycles. The normalized spacial score (nSPS) is 9.46. The molecule has 0 bridgehead atoms. The number of thiophene rings is 1. The number of hydrogen-bond acceptors (Lipinski definition) is 2. The first kappa shape index (κ1) is 11.3. The van der Waals surface area contributed by atoms with Crippen molar-refractivity contribution in [3.63, 3.8) is 0 Å². The predicted molar refractivity (Wildman–Crippen MR) is 64.9 cm³/mol. The van der Waals surface area contributed by atoms with Crippen molar-refractivity contribution in [2.24, 2.45) is 0 Å². The molecule has 0 amide bonds. The molecule has 1 N–H and O–H groups in total. The topological polar surface area (TPSA) is 12.0 Å². The van der Waals surface area contributed by atoms with Crippen LogP contribution in [-0.2, 0) is 6.54 Å². The highest BCUT2D eigenvalue weighted by Crippen LogP contribution is 2.32. The Hall–Kier alpha value is 0.180. The maximum Gasteiger partial charge on any atom is 0.0843 e. The monoisotopic (exact) mass is 321 g/mol. The number of hydrogen-bond donors (Lipinski definition) is 1. The van der Waals surface area contributed by atoms with E-state index >= 15 is 0 Å². The summed E-state index contributed by atoms with van der Waals surface area (Å²) in [5.41, 5.74) is 0. The van der Waals surface area contributed by atoms with Gasteiger partial charge in [0.25, 0.3) is 0 Å². The minimum Gasteiger partial charge on any atom is -0.301 e. The molecule has 0 fully saturated rings. The van der Waals surface area contributed by atoms with Crippen molar-refractivity contribution in [1.29, 1.82) is 0 Å². The van der Waals surface area contributed by atoms with Gasteiger partial charge >= 0.3 is 0 Å². The molecule has 13 heavy (non-hydrogen) atoms. The van der Waals surface area contributed by atoms with Crippen LogP contribution in [0.15, 0.2) is 14.3 Å². The molecule has 1 nitrogen and oxygen atoms in total. The molecule has 1 rings (SSSR count). The first-order chi connectivity index (χ1) is 6.24. The van der Waals surface area contributed by atoms with Crippen molar-refractivity contribution in [3.8, 4) is 11.8 Å². The molecule has 4 heteroatoms. The predicted octanol–water partition coefficient (Wildman–Crippen LogP) is 3.39. The molecule has 1 aromatic heterocycles. The van der Waals surface area contributed by atoms with Gasteiger partial charge in [0.2, 0.25) is 0 Å². The summed E-state index contributed by atoms with van der Waals surface area (Å²) < 4.78 is 2.27. The first-order valence-corrected chi connectivity index (χ1v) is 6.18. The molecule has 70 valence electrons. The van der Waals surface area contributed by atoms with Crippen LogP contribution < -0.4 is 5.32 Å². The Bertz CT molecular complexity index is 316. The van der Waals surface area contributed by atoms with Crippen LogP contribution in [0.1, 0.15) is 11.8 Å². The summed E-state index contributed by atoms with van der Waals surface area (Å²) in [5, 5.41) is 3.24. The molecule has 0 aliphatic carbocycles. The average molecular weight is 323 g/mol. The molecular formula is C9H9Br2NS. The van der Waals surface area contributed by atoms with Gasteiger partial charge < -0.3 is 5.32 Å². The summed E-state index contributed by atoms with van der Waals surface area (Å²) in [6, 6.07) is 2.11. The maximum absolute atomic E-state index is 3.45. The fraction of sp³-hybridized carbons (Fsp3) is 0.333. The Morgan fingerprint density at radius 3 is 2.85 bits per heavy atom. The summed E-state index contributed by atoms with van der Waals surface area (Å²) in [5.74, 6) is 5.80. The second-order valence-corrected chi connectivity index (χ2v) is 5.67. The second kappa shape index (κ2) is 5.82. The zero-order chi connectivity index (χ0) is 9.68. The molecule has 0 spiro atoms. The Morgan fingerprint density at radius 1 is 1.54 bits per heavy atom. The third kappa shape index (κ3) is 3.82. The van der Waals surface area contributed by atoms with E-state index in [0.717, 1.165) is 21.3 Å². The Kier molecular flexibility index (Phi) is 5.04. The van der Waals surface area contributed by atoms with E-state index in [2.05, 4.69) is 55.1 Å². The van der Waals surface area contributed by atoms with E-state index in [1.165, 1.54) is 4.88 Å². The van der Waals surface area contributed by atoms with Crippen molar-refractivity contribution < 1.29 is 0 Å². The summed E-state index contributed by atoms with van der Waals surface area (Å²) in [7, 11) is 0. The van der Waals surface area contributed by atoms with Gasteiger partial charge in [0, 0.05) is 15.9 Å². The Balaban J connectivity index is 2.40. The summed E-state index contributed by atoms with van der Waals surface area (Å²) in [4.78, 5) is 1.30. The van der Waals surface area contributed by atoms with Gasteiger partial charge in [0.1, 0.15) is 0 Å². The lowest BCUT2D eigenvalue weighted by Crippen LogP contribution is -2.11. The van der Waals surface area contributed by atoms with Crippen LogP contribution in [0.5, 0.6) is 0 Å². The van der Waals surface area contributed by atoms with Crippen LogP contribution in [0.25, 0.3) is 0 Å². The van der Waals surface area contributed by atoms with Gasteiger partial charge in [-0.25, -0.2) is 0 Å². The average Bonchev–Trinajstić information content (AvgIpc) is 2.41. The van der Waals surface area contributed by atoms with Gasteiger partial charge in [-0.15, -0.1) is 17.3 Å². The fourth-order valence-corrected chi connectivity index (χ4v) is 2.96. The van der Waals surface area contributed by atoms with Gasteiger partial charge in [-0.3, -0.25) is 0 Å². The van der Waals surface area contributed by atoms with Gasteiger partial charge in [0.15, 0.2) is 0 Å². The minimum atomic E-state index is 0.754. The SMILES string of the molecule is CC#CCNCc1cc(Br)c(Br)s1. The van der Waals surface area contributed by atoms with Gasteiger partial charge in [-0.1, -0.05) is 5.92 Å². The van der Waals surface area contributed by atoms with Crippen LogP contribution in [0.4, 0.5) is 0 Å². The summed E-state index contributed by atoms with van der Waals surface area (Å²) >= 11 is 8.63. The zero-order valence-electron chi connectivity index (χ0n) is 7.16. The molecule has 1 heterocycles. The molecule has 0 saturated carbocycles. The molecular weight excluding hydrogens is 314 g/mol. The zero-order valence-corrected chi connectivity index (χ0v) is 11.1. The third-order valence-corrected chi connectivity index (χ3v) is 4.64. The molecule has 0 aromatic carbocycles. The van der Waals surface area contributed by atoms with Crippen LogP contribution in [-0.4, -0.2) is 6.54 Å². The van der Waals surface area contributed by atoms with Gasteiger partial charge in [-0.05, 0) is 44.8 Å². The second-order valence-electron chi connectivity index (χ2n) is 2.36. The van der Waals surface area contributed by atoms with E-state index in [4.69, 9.17) is 0 Å². The lowest BCUT2D eigenvalue weighted by atomic mass is 10.4. The Labute approximate surface area is 99.2 Å². The lowest BCUT2D eigenvalue weighted by Gasteiger charge is -1.95. The highest BCUT2D eigenvalue weighted by Gasteiger charge is 2.02. The van der Waals surface area contributed by atoms with E-state index in [-0.39, 0.29) is 0 Å². The smallest absolute Gasteiger partial charge is 0.0843 e. The summed E-state index contributed by atoms with van der Waals surface area (Å²) in [6.07, 6.45) is 0. The Morgan fingerprint density at radius 2 is 2.31 bits per heavy atom. The maximum atomic E-state index is 3.45. The van der Waals surface area contributed by atoms with Crippen LogP contribution in [0.3, 0.4) is 0 Å². The van der Waals surface area contributed by atoms with Crippen molar-refractivity contribution in [2.75, 3.05) is 6.54 Å². The third-order valence-electron chi connectivity index (χ3n) is 1.39. The van der Waals surface area contributed by atoms with Crippen molar-refractivity contribution in [1.82, 2.24) is 5.32 Å². The van der Waals surface area contributed by atoms with E-state index in [9.17, 15) is 0 Å². The number of nitrogens with one attached hydrogen (secondary N) is 1. The van der Waals surface area contributed by atoms with Crippen molar-refractivity contribution in [2.45, 2.75) is 13.5 Å².